The van der Waals surface area contributed by atoms with Gasteiger partial charge in [-0.3, -0.25) is 14.9 Å². The molecule has 0 saturated carbocycles. The lowest BCUT2D eigenvalue weighted by molar-refractivity contribution is -0.385. The standard InChI is InChI=1S/C12H16N2O4/c1-3-6-18-8-12(15)13-10-5-4-9(2)11(7-10)14(16)17/h4-5,7H,3,6,8H2,1-2H3,(H,13,15). The number of carbonyl (C=O) groups excluding carboxylic acids is 1. The number of nitrogens with zero attached hydrogens (tertiary/aromatic N) is 1. The minimum Gasteiger partial charge on any atom is -0.372 e. The van der Waals surface area contributed by atoms with E-state index in [1.807, 2.05) is 6.92 Å². The fourth-order valence-corrected chi connectivity index (χ4v) is 1.39. The number of ether oxygens (including phenoxy) is 1. The van der Waals surface area contributed by atoms with E-state index in [1.54, 1.807) is 19.1 Å². The van der Waals surface area contributed by atoms with Crippen LogP contribution in [0.3, 0.4) is 0 Å². The van der Waals surface area contributed by atoms with Gasteiger partial charge in [-0.15, -0.1) is 0 Å². The van der Waals surface area contributed by atoms with Gasteiger partial charge in [0, 0.05) is 23.9 Å². The van der Waals surface area contributed by atoms with Crippen LogP contribution in [0.5, 0.6) is 0 Å². The Kier molecular flexibility index (Phi) is 5.26. The Bertz CT molecular complexity index is 446. The lowest BCUT2D eigenvalue weighted by Gasteiger charge is -2.06. The van der Waals surface area contributed by atoms with Crippen molar-refractivity contribution in [3.63, 3.8) is 0 Å². The lowest BCUT2D eigenvalue weighted by atomic mass is 10.2. The predicted octanol–water partition coefficient (Wildman–Crippen LogP) is 2.27. The summed E-state index contributed by atoms with van der Waals surface area (Å²) in [4.78, 5) is 21.7. The van der Waals surface area contributed by atoms with Gasteiger partial charge in [-0.1, -0.05) is 13.0 Å². The van der Waals surface area contributed by atoms with Crippen LogP contribution < -0.4 is 5.32 Å². The molecule has 1 amide bonds. The van der Waals surface area contributed by atoms with Gasteiger partial charge >= 0.3 is 0 Å². The molecule has 0 aromatic heterocycles. The van der Waals surface area contributed by atoms with Gasteiger partial charge < -0.3 is 10.1 Å². The molecule has 0 heterocycles. The van der Waals surface area contributed by atoms with E-state index in [4.69, 9.17) is 4.74 Å². The summed E-state index contributed by atoms with van der Waals surface area (Å²) in [6, 6.07) is 4.56. The fraction of sp³-hybridized carbons (Fsp3) is 0.417. The Labute approximate surface area is 105 Å². The Morgan fingerprint density at radius 2 is 2.22 bits per heavy atom. The van der Waals surface area contributed by atoms with Crippen molar-refractivity contribution in [3.05, 3.63) is 33.9 Å². The van der Waals surface area contributed by atoms with Gasteiger partial charge in [0.15, 0.2) is 0 Å². The van der Waals surface area contributed by atoms with E-state index in [1.165, 1.54) is 6.07 Å². The molecule has 0 aliphatic carbocycles. The minimum atomic E-state index is -0.474. The number of nitrogens with one attached hydrogen (secondary N) is 1. The highest BCUT2D eigenvalue weighted by atomic mass is 16.6. The zero-order valence-electron chi connectivity index (χ0n) is 10.4. The van der Waals surface area contributed by atoms with Crippen molar-refractivity contribution in [1.29, 1.82) is 0 Å². The summed E-state index contributed by atoms with van der Waals surface area (Å²) in [5.74, 6) is -0.318. The van der Waals surface area contributed by atoms with Crippen LogP contribution in [0.4, 0.5) is 11.4 Å². The molecular weight excluding hydrogens is 236 g/mol. The van der Waals surface area contributed by atoms with E-state index >= 15 is 0 Å². The second-order valence-corrected chi connectivity index (χ2v) is 3.86. The summed E-state index contributed by atoms with van der Waals surface area (Å²) in [5, 5.41) is 13.3. The smallest absolute Gasteiger partial charge is 0.274 e. The number of nitro groups is 1. The third kappa shape index (κ3) is 4.14. The number of anilines is 1. The zero-order valence-corrected chi connectivity index (χ0v) is 10.4. The summed E-state index contributed by atoms with van der Waals surface area (Å²) in [6.07, 6.45) is 0.837. The van der Waals surface area contributed by atoms with Crippen LogP contribution >= 0.6 is 0 Å². The zero-order chi connectivity index (χ0) is 13.5. The topological polar surface area (TPSA) is 81.5 Å². The molecule has 18 heavy (non-hydrogen) atoms. The molecule has 6 nitrogen and oxygen atoms in total. The predicted molar refractivity (Wildman–Crippen MR) is 67.6 cm³/mol. The van der Waals surface area contributed by atoms with Crippen LogP contribution in [0, 0.1) is 17.0 Å². The van der Waals surface area contributed by atoms with Crippen molar-refractivity contribution in [2.75, 3.05) is 18.5 Å². The molecule has 1 N–H and O–H groups in total. The molecular formula is C12H16N2O4. The Hall–Kier alpha value is -1.95. The number of aryl methyl sites for hydroxylation is 1. The number of carbonyl (C=O) groups is 1. The maximum absolute atomic E-state index is 11.4. The third-order valence-corrected chi connectivity index (χ3v) is 2.27. The molecule has 1 aromatic carbocycles. The molecule has 0 atom stereocenters. The summed E-state index contributed by atoms with van der Waals surface area (Å²) in [5.41, 5.74) is 0.944. The quantitative estimate of drug-likeness (QED) is 0.478. The van der Waals surface area contributed by atoms with Gasteiger partial charge in [-0.2, -0.15) is 0 Å². The second kappa shape index (κ2) is 6.70. The van der Waals surface area contributed by atoms with Crippen molar-refractivity contribution in [3.8, 4) is 0 Å². The first-order valence-electron chi connectivity index (χ1n) is 5.67. The number of nitro benzene ring substituents is 1. The van der Waals surface area contributed by atoms with Gasteiger partial charge in [0.25, 0.3) is 5.69 Å². The number of rotatable bonds is 6. The molecule has 0 radical (unpaired) electrons. The van der Waals surface area contributed by atoms with E-state index in [2.05, 4.69) is 5.32 Å². The van der Waals surface area contributed by atoms with Gasteiger partial charge in [0.2, 0.25) is 5.91 Å². The highest BCUT2D eigenvalue weighted by Gasteiger charge is 2.12. The molecule has 6 heteroatoms. The molecule has 0 fully saturated rings. The van der Waals surface area contributed by atoms with Gasteiger partial charge in [0.1, 0.15) is 6.61 Å². The molecule has 0 aliphatic heterocycles. The normalized spacial score (nSPS) is 10.1. The van der Waals surface area contributed by atoms with E-state index in [0.29, 0.717) is 17.9 Å². The van der Waals surface area contributed by atoms with Gasteiger partial charge in [-0.25, -0.2) is 0 Å². The summed E-state index contributed by atoms with van der Waals surface area (Å²) in [7, 11) is 0. The molecule has 0 unspecified atom stereocenters. The van der Waals surface area contributed by atoms with Crippen molar-refractivity contribution in [2.24, 2.45) is 0 Å². The van der Waals surface area contributed by atoms with Gasteiger partial charge in [-0.05, 0) is 19.4 Å². The van der Waals surface area contributed by atoms with Crippen molar-refractivity contribution >= 4 is 17.3 Å². The Balaban J connectivity index is 2.65. The van der Waals surface area contributed by atoms with Crippen LogP contribution in [-0.2, 0) is 9.53 Å². The average Bonchev–Trinajstić information content (AvgIpc) is 2.31. The van der Waals surface area contributed by atoms with E-state index in [0.717, 1.165) is 6.42 Å². The van der Waals surface area contributed by atoms with Crippen LogP contribution in [0.1, 0.15) is 18.9 Å². The number of amides is 1. The van der Waals surface area contributed by atoms with Crippen LogP contribution in [0.2, 0.25) is 0 Å². The van der Waals surface area contributed by atoms with Crippen molar-refractivity contribution in [1.82, 2.24) is 0 Å². The largest absolute Gasteiger partial charge is 0.372 e. The average molecular weight is 252 g/mol. The molecule has 0 spiro atoms. The molecule has 1 rings (SSSR count). The summed E-state index contributed by atoms with van der Waals surface area (Å²) >= 11 is 0. The van der Waals surface area contributed by atoms with E-state index in [-0.39, 0.29) is 18.2 Å². The SMILES string of the molecule is CCCOCC(=O)Nc1ccc(C)c([N+](=O)[O-])c1. The first kappa shape index (κ1) is 14.1. The Morgan fingerprint density at radius 3 is 2.83 bits per heavy atom. The maximum Gasteiger partial charge on any atom is 0.274 e. The molecule has 1 aromatic rings. The van der Waals surface area contributed by atoms with E-state index in [9.17, 15) is 14.9 Å². The summed E-state index contributed by atoms with van der Waals surface area (Å²) < 4.78 is 5.07. The molecule has 98 valence electrons. The number of hydrogen-bond acceptors (Lipinski definition) is 4. The molecule has 0 saturated heterocycles. The number of hydrogen-bond donors (Lipinski definition) is 1. The maximum atomic E-state index is 11.4. The first-order valence-corrected chi connectivity index (χ1v) is 5.67. The van der Waals surface area contributed by atoms with E-state index < -0.39 is 4.92 Å². The number of benzene rings is 1. The molecule has 0 aliphatic rings. The lowest BCUT2D eigenvalue weighted by Crippen LogP contribution is -2.18. The van der Waals surface area contributed by atoms with Crippen LogP contribution in [-0.4, -0.2) is 24.0 Å². The second-order valence-electron chi connectivity index (χ2n) is 3.86. The highest BCUT2D eigenvalue weighted by molar-refractivity contribution is 5.92. The third-order valence-electron chi connectivity index (χ3n) is 2.27. The van der Waals surface area contributed by atoms with Crippen LogP contribution in [0.15, 0.2) is 18.2 Å². The molecule has 0 bridgehead atoms. The summed E-state index contributed by atoms with van der Waals surface area (Å²) in [6.45, 7) is 4.06. The minimum absolute atomic E-state index is 0.0118. The highest BCUT2D eigenvalue weighted by Crippen LogP contribution is 2.22. The fourth-order valence-electron chi connectivity index (χ4n) is 1.39. The van der Waals surface area contributed by atoms with Gasteiger partial charge in [0.05, 0.1) is 4.92 Å². The Morgan fingerprint density at radius 1 is 1.50 bits per heavy atom. The monoisotopic (exact) mass is 252 g/mol. The van der Waals surface area contributed by atoms with Crippen molar-refractivity contribution < 1.29 is 14.5 Å². The van der Waals surface area contributed by atoms with Crippen molar-refractivity contribution in [2.45, 2.75) is 20.3 Å². The first-order chi connectivity index (χ1) is 8.54. The van der Waals surface area contributed by atoms with Crippen LogP contribution in [0.25, 0.3) is 0 Å².